The molecule has 24 heavy (non-hydrogen) atoms. The van der Waals surface area contributed by atoms with Crippen molar-refractivity contribution in [2.24, 2.45) is 5.92 Å². The van der Waals surface area contributed by atoms with E-state index in [0.717, 1.165) is 0 Å². The maximum atomic E-state index is 12.4. The minimum atomic E-state index is -0.455. The third-order valence-corrected chi connectivity index (χ3v) is 4.91. The van der Waals surface area contributed by atoms with Crippen LogP contribution < -0.4 is 10.2 Å². The van der Waals surface area contributed by atoms with Gasteiger partial charge in [-0.15, -0.1) is 0 Å². The first-order valence-electron chi connectivity index (χ1n) is 7.26. The summed E-state index contributed by atoms with van der Waals surface area (Å²) in [5.74, 6) is -0.824. The fraction of sp³-hybridized carbons (Fsp3) is 0.176. The van der Waals surface area contributed by atoms with Crippen molar-refractivity contribution in [3.8, 4) is 0 Å². The molecule has 0 spiro atoms. The highest BCUT2D eigenvalue weighted by Gasteiger charge is 2.35. The molecule has 0 radical (unpaired) electrons. The molecule has 1 saturated heterocycles. The number of hydrogen-bond acceptors (Lipinski definition) is 2. The van der Waals surface area contributed by atoms with Gasteiger partial charge < -0.3 is 10.2 Å². The quantitative estimate of drug-likeness (QED) is 0.839. The molecule has 2 amide bonds. The lowest BCUT2D eigenvalue weighted by atomic mass is 10.1. The summed E-state index contributed by atoms with van der Waals surface area (Å²) in [6.45, 7) is 0.285. The SMILES string of the molecule is O=C(Nc1ccccc1Cl)[C@@H]1CC(=O)N(c2ccc(Cl)c(Cl)c2)C1. The molecule has 1 N–H and O–H groups in total. The van der Waals surface area contributed by atoms with Gasteiger partial charge in [-0.3, -0.25) is 9.59 Å². The Bertz CT molecular complexity index is 810. The maximum Gasteiger partial charge on any atom is 0.229 e. The lowest BCUT2D eigenvalue weighted by molar-refractivity contribution is -0.122. The van der Waals surface area contributed by atoms with E-state index in [4.69, 9.17) is 34.8 Å². The Hall–Kier alpha value is -1.75. The van der Waals surface area contributed by atoms with Crippen LogP contribution in [-0.4, -0.2) is 18.4 Å². The predicted molar refractivity (Wildman–Crippen MR) is 97.0 cm³/mol. The number of para-hydroxylation sites is 1. The number of rotatable bonds is 3. The van der Waals surface area contributed by atoms with Gasteiger partial charge in [0.2, 0.25) is 11.8 Å². The van der Waals surface area contributed by atoms with Crippen LogP contribution in [0.2, 0.25) is 15.1 Å². The summed E-state index contributed by atoms with van der Waals surface area (Å²) < 4.78 is 0. The molecule has 1 heterocycles. The summed E-state index contributed by atoms with van der Waals surface area (Å²) in [5, 5.41) is 4.01. The van der Waals surface area contributed by atoms with Crippen LogP contribution in [0.1, 0.15) is 6.42 Å². The molecule has 3 rings (SSSR count). The third-order valence-electron chi connectivity index (χ3n) is 3.84. The van der Waals surface area contributed by atoms with E-state index in [9.17, 15) is 9.59 Å². The van der Waals surface area contributed by atoms with E-state index in [1.165, 1.54) is 0 Å². The van der Waals surface area contributed by atoms with Gasteiger partial charge in [0.25, 0.3) is 0 Å². The number of carbonyl (C=O) groups is 2. The van der Waals surface area contributed by atoms with Crippen LogP contribution in [0.15, 0.2) is 42.5 Å². The van der Waals surface area contributed by atoms with Gasteiger partial charge in [0.1, 0.15) is 0 Å². The molecule has 4 nitrogen and oxygen atoms in total. The molecule has 0 saturated carbocycles. The molecule has 1 aliphatic rings. The molecule has 0 bridgehead atoms. The van der Waals surface area contributed by atoms with Crippen molar-refractivity contribution in [1.82, 2.24) is 0 Å². The number of hydrogen-bond donors (Lipinski definition) is 1. The first-order valence-corrected chi connectivity index (χ1v) is 8.40. The number of halogens is 3. The standard InChI is InChI=1S/C17H13Cl3N2O2/c18-12-6-5-11(8-14(12)20)22-9-10(7-16(22)23)17(24)21-15-4-2-1-3-13(15)19/h1-6,8,10H,7,9H2,(H,21,24)/t10-/m1/s1. The highest BCUT2D eigenvalue weighted by molar-refractivity contribution is 6.42. The Balaban J connectivity index is 1.73. The minimum Gasteiger partial charge on any atom is -0.324 e. The average Bonchev–Trinajstić information content (AvgIpc) is 2.94. The Labute approximate surface area is 154 Å². The number of benzene rings is 2. The van der Waals surface area contributed by atoms with Crippen molar-refractivity contribution in [3.63, 3.8) is 0 Å². The average molecular weight is 384 g/mol. The van der Waals surface area contributed by atoms with Crippen molar-refractivity contribution < 1.29 is 9.59 Å². The maximum absolute atomic E-state index is 12.4. The summed E-state index contributed by atoms with van der Waals surface area (Å²) in [4.78, 5) is 26.2. The van der Waals surface area contributed by atoms with Gasteiger partial charge in [0, 0.05) is 18.7 Å². The summed E-state index contributed by atoms with van der Waals surface area (Å²) in [7, 11) is 0. The van der Waals surface area contributed by atoms with Crippen molar-refractivity contribution in [2.75, 3.05) is 16.8 Å². The van der Waals surface area contributed by atoms with Crippen LogP contribution in [0.25, 0.3) is 0 Å². The monoisotopic (exact) mass is 382 g/mol. The van der Waals surface area contributed by atoms with Gasteiger partial charge in [0.05, 0.1) is 26.7 Å². The minimum absolute atomic E-state index is 0.132. The first kappa shape index (κ1) is 17.1. The third kappa shape index (κ3) is 3.51. The lowest BCUT2D eigenvalue weighted by Gasteiger charge is -2.17. The number of amides is 2. The van der Waals surface area contributed by atoms with Gasteiger partial charge in [-0.1, -0.05) is 46.9 Å². The second-order valence-corrected chi connectivity index (χ2v) is 6.69. The Kier molecular flexibility index (Phi) is 4.99. The Morgan fingerprint density at radius 1 is 1.04 bits per heavy atom. The topological polar surface area (TPSA) is 49.4 Å². The second-order valence-electron chi connectivity index (χ2n) is 5.47. The van der Waals surface area contributed by atoms with Crippen LogP contribution in [0.4, 0.5) is 11.4 Å². The van der Waals surface area contributed by atoms with Crippen LogP contribution >= 0.6 is 34.8 Å². The molecule has 1 fully saturated rings. The summed E-state index contributed by atoms with van der Waals surface area (Å²) in [6.07, 6.45) is 0.135. The highest BCUT2D eigenvalue weighted by atomic mass is 35.5. The van der Waals surface area contributed by atoms with Crippen molar-refractivity contribution in [3.05, 3.63) is 57.5 Å². The van der Waals surface area contributed by atoms with Gasteiger partial charge in [-0.25, -0.2) is 0 Å². The van der Waals surface area contributed by atoms with Crippen molar-refractivity contribution in [2.45, 2.75) is 6.42 Å². The van der Waals surface area contributed by atoms with Gasteiger partial charge in [-0.2, -0.15) is 0 Å². The molecule has 124 valence electrons. The number of anilines is 2. The molecule has 1 aliphatic heterocycles. The smallest absolute Gasteiger partial charge is 0.229 e. The van der Waals surface area contributed by atoms with Gasteiger partial charge >= 0.3 is 0 Å². The predicted octanol–water partition coefficient (Wildman–Crippen LogP) is 4.64. The molecular formula is C17H13Cl3N2O2. The summed E-state index contributed by atoms with van der Waals surface area (Å²) in [5.41, 5.74) is 1.16. The van der Waals surface area contributed by atoms with E-state index < -0.39 is 5.92 Å². The van der Waals surface area contributed by atoms with E-state index >= 15 is 0 Å². The van der Waals surface area contributed by atoms with Crippen LogP contribution in [-0.2, 0) is 9.59 Å². The van der Waals surface area contributed by atoms with Gasteiger partial charge in [0.15, 0.2) is 0 Å². The largest absolute Gasteiger partial charge is 0.324 e. The normalized spacial score (nSPS) is 17.2. The molecule has 0 aliphatic carbocycles. The van der Waals surface area contributed by atoms with Crippen molar-refractivity contribution in [1.29, 1.82) is 0 Å². The van der Waals surface area contributed by atoms with Crippen LogP contribution in [0.3, 0.4) is 0 Å². The fourth-order valence-corrected chi connectivity index (χ4v) is 3.06. The number of nitrogens with zero attached hydrogens (tertiary/aromatic N) is 1. The zero-order chi connectivity index (χ0) is 17.3. The van der Waals surface area contributed by atoms with E-state index in [0.29, 0.717) is 26.4 Å². The van der Waals surface area contributed by atoms with Crippen LogP contribution in [0, 0.1) is 5.92 Å². The van der Waals surface area contributed by atoms with E-state index in [1.807, 2.05) is 0 Å². The highest BCUT2D eigenvalue weighted by Crippen LogP contribution is 2.31. The van der Waals surface area contributed by atoms with Gasteiger partial charge in [-0.05, 0) is 30.3 Å². The zero-order valence-corrected chi connectivity index (χ0v) is 14.7. The number of nitrogens with one attached hydrogen (secondary N) is 1. The molecule has 7 heteroatoms. The van der Waals surface area contributed by atoms with Crippen LogP contribution in [0.5, 0.6) is 0 Å². The van der Waals surface area contributed by atoms with E-state index in [1.54, 1.807) is 47.4 Å². The number of carbonyl (C=O) groups excluding carboxylic acids is 2. The second kappa shape index (κ2) is 7.01. The Morgan fingerprint density at radius 2 is 1.79 bits per heavy atom. The summed E-state index contributed by atoms with van der Waals surface area (Å²) >= 11 is 17.9. The molecule has 2 aromatic rings. The Morgan fingerprint density at radius 3 is 2.50 bits per heavy atom. The van der Waals surface area contributed by atoms with E-state index in [2.05, 4.69) is 5.32 Å². The van der Waals surface area contributed by atoms with E-state index in [-0.39, 0.29) is 24.8 Å². The molecule has 2 aromatic carbocycles. The molecule has 1 atom stereocenters. The molecule has 0 unspecified atom stereocenters. The molecular weight excluding hydrogens is 371 g/mol. The van der Waals surface area contributed by atoms with Crippen molar-refractivity contribution >= 4 is 58.0 Å². The lowest BCUT2D eigenvalue weighted by Crippen LogP contribution is -2.28. The first-order chi connectivity index (χ1) is 11.5. The molecule has 0 aromatic heterocycles. The fourth-order valence-electron chi connectivity index (χ4n) is 2.58. The summed E-state index contributed by atoms with van der Waals surface area (Å²) in [6, 6.07) is 11.9. The zero-order valence-electron chi connectivity index (χ0n) is 12.4.